The molecule has 0 N–H and O–H groups in total. The molecule has 0 bridgehead atoms. The van der Waals surface area contributed by atoms with E-state index in [0.29, 0.717) is 11.5 Å². The van der Waals surface area contributed by atoms with Gasteiger partial charge in [0.1, 0.15) is 0 Å². The Bertz CT molecular complexity index is 770. The SMILES string of the molecule is CCCc1cc(=O)n2nc(N3CCC[C@@H](C(=O)OC)C3)sc2n1. The quantitative estimate of drug-likeness (QED) is 0.788. The highest BCUT2D eigenvalue weighted by molar-refractivity contribution is 7.20. The van der Waals surface area contributed by atoms with E-state index in [-0.39, 0.29) is 17.4 Å². The minimum absolute atomic E-state index is 0.138. The lowest BCUT2D eigenvalue weighted by Gasteiger charge is -2.30. The van der Waals surface area contributed by atoms with Gasteiger partial charge in [-0.05, 0) is 19.3 Å². The van der Waals surface area contributed by atoms with Gasteiger partial charge in [-0.2, -0.15) is 4.52 Å². The summed E-state index contributed by atoms with van der Waals surface area (Å²) in [7, 11) is 1.41. The number of aryl methyl sites for hydroxylation is 1. The van der Waals surface area contributed by atoms with Gasteiger partial charge in [-0.15, -0.1) is 5.10 Å². The summed E-state index contributed by atoms with van der Waals surface area (Å²) in [6.07, 6.45) is 3.46. The van der Waals surface area contributed by atoms with Crippen molar-refractivity contribution < 1.29 is 9.53 Å². The van der Waals surface area contributed by atoms with Crippen molar-refractivity contribution in [1.82, 2.24) is 14.6 Å². The summed E-state index contributed by atoms with van der Waals surface area (Å²) in [6, 6.07) is 1.55. The van der Waals surface area contributed by atoms with Crippen LogP contribution in [-0.4, -0.2) is 40.8 Å². The number of carbonyl (C=O) groups excluding carboxylic acids is 1. The van der Waals surface area contributed by atoms with Gasteiger partial charge in [-0.3, -0.25) is 9.59 Å². The van der Waals surface area contributed by atoms with Crippen LogP contribution in [0.15, 0.2) is 10.9 Å². The number of hydrogen-bond acceptors (Lipinski definition) is 7. The fourth-order valence-electron chi connectivity index (χ4n) is 2.87. The highest BCUT2D eigenvalue weighted by Crippen LogP contribution is 2.27. The molecule has 3 heterocycles. The van der Waals surface area contributed by atoms with Crippen LogP contribution in [0, 0.1) is 5.92 Å². The van der Waals surface area contributed by atoms with Crippen LogP contribution in [0.5, 0.6) is 0 Å². The third-order valence-electron chi connectivity index (χ3n) is 4.02. The molecule has 0 aromatic carbocycles. The van der Waals surface area contributed by atoms with Crippen molar-refractivity contribution in [3.8, 4) is 0 Å². The number of hydrogen-bond donors (Lipinski definition) is 0. The largest absolute Gasteiger partial charge is 0.469 e. The molecule has 2 aromatic rings. The molecule has 1 atom stereocenters. The molecule has 8 heteroatoms. The molecule has 2 aromatic heterocycles. The highest BCUT2D eigenvalue weighted by Gasteiger charge is 2.28. The van der Waals surface area contributed by atoms with Crippen molar-refractivity contribution in [2.75, 3.05) is 25.1 Å². The molecule has 0 saturated carbocycles. The molecule has 0 aliphatic carbocycles. The molecular weight excluding hydrogens is 316 g/mol. The van der Waals surface area contributed by atoms with Crippen LogP contribution in [0.3, 0.4) is 0 Å². The summed E-state index contributed by atoms with van der Waals surface area (Å²) in [5.74, 6) is -0.322. The second-order valence-electron chi connectivity index (χ2n) is 5.72. The van der Waals surface area contributed by atoms with E-state index in [0.717, 1.165) is 43.1 Å². The third-order valence-corrected chi connectivity index (χ3v) is 4.99. The molecule has 0 unspecified atom stereocenters. The fourth-order valence-corrected chi connectivity index (χ4v) is 3.83. The van der Waals surface area contributed by atoms with Crippen molar-refractivity contribution in [2.24, 2.45) is 5.92 Å². The van der Waals surface area contributed by atoms with E-state index in [1.807, 2.05) is 4.90 Å². The molecule has 1 aliphatic heterocycles. The van der Waals surface area contributed by atoms with E-state index in [2.05, 4.69) is 17.0 Å². The predicted molar refractivity (Wildman–Crippen MR) is 88.1 cm³/mol. The molecule has 124 valence electrons. The fraction of sp³-hybridized carbons (Fsp3) is 0.600. The minimum atomic E-state index is -0.184. The van der Waals surface area contributed by atoms with Crippen molar-refractivity contribution in [3.05, 3.63) is 22.1 Å². The van der Waals surface area contributed by atoms with Crippen LogP contribution in [0.2, 0.25) is 0 Å². The molecule has 0 spiro atoms. The van der Waals surface area contributed by atoms with E-state index in [1.165, 1.54) is 23.0 Å². The molecule has 1 saturated heterocycles. The van der Waals surface area contributed by atoms with Crippen molar-refractivity contribution in [1.29, 1.82) is 0 Å². The Morgan fingerprint density at radius 2 is 2.35 bits per heavy atom. The summed E-state index contributed by atoms with van der Waals surface area (Å²) < 4.78 is 6.19. The summed E-state index contributed by atoms with van der Waals surface area (Å²) in [5.41, 5.74) is 0.654. The van der Waals surface area contributed by atoms with Crippen LogP contribution in [0.1, 0.15) is 31.9 Å². The van der Waals surface area contributed by atoms with Crippen LogP contribution < -0.4 is 10.5 Å². The topological polar surface area (TPSA) is 76.8 Å². The molecule has 7 nitrogen and oxygen atoms in total. The number of piperidine rings is 1. The number of nitrogens with zero attached hydrogens (tertiary/aromatic N) is 4. The number of esters is 1. The van der Waals surface area contributed by atoms with Gasteiger partial charge in [0.15, 0.2) is 0 Å². The number of ether oxygens (including phenoxy) is 1. The van der Waals surface area contributed by atoms with E-state index < -0.39 is 0 Å². The average molecular weight is 336 g/mol. The predicted octanol–water partition coefficient (Wildman–Crippen LogP) is 1.49. The van der Waals surface area contributed by atoms with E-state index in [4.69, 9.17) is 4.74 Å². The van der Waals surface area contributed by atoms with Gasteiger partial charge in [-0.25, -0.2) is 4.98 Å². The van der Waals surface area contributed by atoms with Gasteiger partial charge in [0.2, 0.25) is 10.1 Å². The first-order valence-electron chi connectivity index (χ1n) is 7.85. The summed E-state index contributed by atoms with van der Waals surface area (Å²) >= 11 is 1.39. The Morgan fingerprint density at radius 1 is 1.52 bits per heavy atom. The Balaban J connectivity index is 1.89. The zero-order chi connectivity index (χ0) is 16.4. The monoisotopic (exact) mass is 336 g/mol. The second-order valence-corrected chi connectivity index (χ2v) is 6.66. The van der Waals surface area contributed by atoms with E-state index in [1.54, 1.807) is 6.07 Å². The van der Waals surface area contributed by atoms with Crippen LogP contribution >= 0.6 is 11.3 Å². The lowest BCUT2D eigenvalue weighted by Crippen LogP contribution is -2.39. The van der Waals surface area contributed by atoms with Crippen molar-refractivity contribution >= 4 is 27.4 Å². The van der Waals surface area contributed by atoms with Gasteiger partial charge in [0.05, 0.1) is 13.0 Å². The Kier molecular flexibility index (Phi) is 4.61. The Labute approximate surface area is 137 Å². The molecule has 23 heavy (non-hydrogen) atoms. The normalized spacial score (nSPS) is 18.3. The van der Waals surface area contributed by atoms with Gasteiger partial charge in [0.25, 0.3) is 5.56 Å². The van der Waals surface area contributed by atoms with Crippen molar-refractivity contribution in [3.63, 3.8) is 0 Å². The lowest BCUT2D eigenvalue weighted by atomic mass is 9.99. The van der Waals surface area contributed by atoms with Gasteiger partial charge >= 0.3 is 5.97 Å². The Morgan fingerprint density at radius 3 is 3.09 bits per heavy atom. The number of carbonyl (C=O) groups is 1. The smallest absolute Gasteiger partial charge is 0.310 e. The first-order chi connectivity index (χ1) is 11.1. The molecule has 1 aliphatic rings. The lowest BCUT2D eigenvalue weighted by molar-refractivity contribution is -0.145. The maximum absolute atomic E-state index is 12.2. The van der Waals surface area contributed by atoms with Gasteiger partial charge in [-0.1, -0.05) is 24.7 Å². The summed E-state index contributed by atoms with van der Waals surface area (Å²) in [5, 5.41) is 5.12. The highest BCUT2D eigenvalue weighted by atomic mass is 32.1. The number of methoxy groups -OCH3 is 1. The summed E-state index contributed by atoms with van der Waals surface area (Å²) in [6.45, 7) is 3.45. The van der Waals surface area contributed by atoms with Crippen LogP contribution in [-0.2, 0) is 16.0 Å². The number of aromatic nitrogens is 3. The minimum Gasteiger partial charge on any atom is -0.469 e. The van der Waals surface area contributed by atoms with Crippen molar-refractivity contribution in [2.45, 2.75) is 32.6 Å². The molecule has 3 rings (SSSR count). The maximum Gasteiger partial charge on any atom is 0.310 e. The third kappa shape index (κ3) is 3.21. The second kappa shape index (κ2) is 6.66. The van der Waals surface area contributed by atoms with Crippen LogP contribution in [0.25, 0.3) is 4.96 Å². The van der Waals surface area contributed by atoms with E-state index in [9.17, 15) is 9.59 Å². The molecule has 1 fully saturated rings. The van der Waals surface area contributed by atoms with Gasteiger partial charge in [0, 0.05) is 24.8 Å². The first-order valence-corrected chi connectivity index (χ1v) is 8.66. The van der Waals surface area contributed by atoms with Gasteiger partial charge < -0.3 is 9.64 Å². The Hall–Kier alpha value is -1.96. The standard InChI is InChI=1S/C15H20N4O3S/c1-3-5-11-8-12(20)19-14(16-11)23-15(17-19)18-7-4-6-10(9-18)13(21)22-2/h8,10H,3-7,9H2,1-2H3/t10-/m1/s1. The first kappa shape index (κ1) is 15.9. The average Bonchev–Trinajstić information content (AvgIpc) is 2.99. The molecular formula is C15H20N4O3S. The number of fused-ring (bicyclic) bond motifs is 1. The zero-order valence-corrected chi connectivity index (χ0v) is 14.1. The van der Waals surface area contributed by atoms with E-state index >= 15 is 0 Å². The molecule has 0 amide bonds. The number of rotatable bonds is 4. The molecule has 0 radical (unpaired) electrons. The number of anilines is 1. The summed E-state index contributed by atoms with van der Waals surface area (Å²) in [4.78, 5) is 31.1. The van der Waals surface area contributed by atoms with Crippen LogP contribution in [0.4, 0.5) is 5.13 Å². The maximum atomic E-state index is 12.2. The zero-order valence-electron chi connectivity index (χ0n) is 13.3.